The monoisotopic (exact) mass is 513 g/mol. The first-order valence-corrected chi connectivity index (χ1v) is 12.4. The molecule has 2 aromatic heterocycles. The maximum absolute atomic E-state index is 14.8. The number of benzene rings is 1. The second-order valence-corrected chi connectivity index (χ2v) is 9.60. The number of rotatable bonds is 8. The van der Waals surface area contributed by atoms with E-state index in [0.717, 1.165) is 37.4 Å². The van der Waals surface area contributed by atoms with Crippen molar-refractivity contribution in [3.05, 3.63) is 77.7 Å². The minimum Gasteiger partial charge on any atom is -0.404 e. The van der Waals surface area contributed by atoms with E-state index in [9.17, 15) is 14.0 Å². The summed E-state index contributed by atoms with van der Waals surface area (Å²) in [5.74, 6) is -0.0894. The maximum Gasteiger partial charge on any atom is 0.257 e. The van der Waals surface area contributed by atoms with E-state index in [1.54, 1.807) is 37.5 Å². The van der Waals surface area contributed by atoms with Crippen molar-refractivity contribution in [2.24, 2.45) is 23.3 Å². The maximum atomic E-state index is 14.8. The first-order valence-electron chi connectivity index (χ1n) is 12.4. The van der Waals surface area contributed by atoms with Crippen molar-refractivity contribution in [3.8, 4) is 22.6 Å². The Kier molecular flexibility index (Phi) is 6.87. The van der Waals surface area contributed by atoms with E-state index in [-0.39, 0.29) is 29.0 Å². The van der Waals surface area contributed by atoms with Gasteiger partial charge >= 0.3 is 0 Å². The normalized spacial score (nSPS) is 15.7. The molecule has 5 rings (SSSR count). The molecule has 2 aliphatic rings. The molecule has 9 nitrogen and oxygen atoms in total. The standard InChI is InChI=1S/C28H28FN7O2/c1-15-10-21(29)24(35-28(38)19(14-30)11-22(31)16-2-3-16)13-20(15)26-33-9-7-23(34-26)18-6-8-32-25(12-18)36-27(37)17-4-5-17/h6-14,16-17H,2-5,30-31H2,1H3,(H,35,38)(H,32,36,37)/b19-14+,22-11-. The number of aryl methyl sites for hydroxylation is 1. The van der Waals surface area contributed by atoms with Crippen molar-refractivity contribution < 1.29 is 14.0 Å². The number of hydrogen-bond donors (Lipinski definition) is 4. The highest BCUT2D eigenvalue weighted by atomic mass is 19.1. The van der Waals surface area contributed by atoms with E-state index >= 15 is 0 Å². The van der Waals surface area contributed by atoms with Crippen molar-refractivity contribution in [2.75, 3.05) is 10.6 Å². The molecule has 2 saturated carbocycles. The van der Waals surface area contributed by atoms with Crippen molar-refractivity contribution in [3.63, 3.8) is 0 Å². The number of allylic oxidation sites excluding steroid dienone is 1. The lowest BCUT2D eigenvalue weighted by Gasteiger charge is -2.12. The van der Waals surface area contributed by atoms with Gasteiger partial charge in [-0.05, 0) is 80.5 Å². The van der Waals surface area contributed by atoms with E-state index in [1.165, 1.54) is 18.2 Å². The molecule has 0 spiro atoms. The van der Waals surface area contributed by atoms with E-state index in [0.29, 0.717) is 34.2 Å². The van der Waals surface area contributed by atoms with Gasteiger partial charge in [-0.1, -0.05) is 0 Å². The molecule has 0 radical (unpaired) electrons. The fourth-order valence-electron chi connectivity index (χ4n) is 3.99. The summed E-state index contributed by atoms with van der Waals surface area (Å²) in [6.07, 6.45) is 9.64. The number of carbonyl (C=O) groups excluding carboxylic acids is 2. The molecule has 3 aromatic rings. The third-order valence-electron chi connectivity index (χ3n) is 6.53. The zero-order chi connectivity index (χ0) is 26.8. The number of pyridine rings is 1. The Balaban J connectivity index is 1.40. The first kappa shape index (κ1) is 25.1. The fourth-order valence-corrected chi connectivity index (χ4v) is 3.99. The quantitative estimate of drug-likeness (QED) is 0.262. The average Bonchev–Trinajstić information content (AvgIpc) is 3.82. The van der Waals surface area contributed by atoms with Crippen LogP contribution in [0.4, 0.5) is 15.9 Å². The number of carbonyl (C=O) groups is 2. The van der Waals surface area contributed by atoms with Gasteiger partial charge in [-0.25, -0.2) is 19.3 Å². The van der Waals surface area contributed by atoms with Crippen molar-refractivity contribution in [2.45, 2.75) is 32.6 Å². The van der Waals surface area contributed by atoms with Crippen LogP contribution in [-0.2, 0) is 9.59 Å². The van der Waals surface area contributed by atoms with E-state index in [2.05, 4.69) is 25.6 Å². The van der Waals surface area contributed by atoms with Crippen LogP contribution >= 0.6 is 0 Å². The number of aromatic nitrogens is 3. The Bertz CT molecular complexity index is 1480. The predicted molar refractivity (Wildman–Crippen MR) is 143 cm³/mol. The highest BCUT2D eigenvalue weighted by molar-refractivity contribution is 6.06. The summed E-state index contributed by atoms with van der Waals surface area (Å²) in [6, 6.07) is 8.08. The van der Waals surface area contributed by atoms with E-state index in [4.69, 9.17) is 11.5 Å². The topological polar surface area (TPSA) is 149 Å². The summed E-state index contributed by atoms with van der Waals surface area (Å²) in [4.78, 5) is 38.2. The largest absolute Gasteiger partial charge is 0.404 e. The second-order valence-electron chi connectivity index (χ2n) is 9.60. The number of anilines is 2. The molecule has 38 heavy (non-hydrogen) atoms. The van der Waals surface area contributed by atoms with Gasteiger partial charge in [-0.15, -0.1) is 0 Å². The SMILES string of the molecule is Cc1cc(F)c(NC(=O)C(/C=C(\N)C2CC2)=C/N)cc1-c1nccc(-c2ccnc(NC(=O)C3CC3)c2)n1. The van der Waals surface area contributed by atoms with Crippen molar-refractivity contribution in [1.82, 2.24) is 15.0 Å². The van der Waals surface area contributed by atoms with Crippen LogP contribution in [0.15, 0.2) is 66.3 Å². The molecule has 0 bridgehead atoms. The molecule has 194 valence electrons. The molecule has 2 fully saturated rings. The van der Waals surface area contributed by atoms with E-state index in [1.807, 2.05) is 0 Å². The lowest BCUT2D eigenvalue weighted by molar-refractivity contribution is -0.117. The van der Waals surface area contributed by atoms with Crippen LogP contribution < -0.4 is 22.1 Å². The second kappa shape index (κ2) is 10.4. The number of hydrogen-bond acceptors (Lipinski definition) is 7. The molecule has 0 aliphatic heterocycles. The molecule has 2 heterocycles. The van der Waals surface area contributed by atoms with Gasteiger partial charge in [0.15, 0.2) is 5.82 Å². The van der Waals surface area contributed by atoms with Gasteiger partial charge in [-0.2, -0.15) is 0 Å². The van der Waals surface area contributed by atoms with Gasteiger partial charge in [0, 0.05) is 41.3 Å². The van der Waals surface area contributed by atoms with Gasteiger partial charge < -0.3 is 22.1 Å². The van der Waals surface area contributed by atoms with Gasteiger partial charge in [0.1, 0.15) is 11.6 Å². The molecule has 0 unspecified atom stereocenters. The van der Waals surface area contributed by atoms with Crippen molar-refractivity contribution in [1.29, 1.82) is 0 Å². The summed E-state index contributed by atoms with van der Waals surface area (Å²) in [5.41, 5.74) is 14.8. The number of halogens is 1. The van der Waals surface area contributed by atoms with Crippen LogP contribution in [0, 0.1) is 24.6 Å². The Morgan fingerprint density at radius 2 is 1.76 bits per heavy atom. The average molecular weight is 514 g/mol. The van der Waals surface area contributed by atoms with Gasteiger partial charge in [0.2, 0.25) is 5.91 Å². The number of nitrogens with two attached hydrogens (primary N) is 2. The molecule has 0 saturated heterocycles. The third kappa shape index (κ3) is 5.69. The first-order chi connectivity index (χ1) is 18.3. The highest BCUT2D eigenvalue weighted by Gasteiger charge is 2.30. The van der Waals surface area contributed by atoms with Crippen LogP contribution in [0.3, 0.4) is 0 Å². The Hall–Kier alpha value is -4.60. The zero-order valence-electron chi connectivity index (χ0n) is 20.9. The Labute approximate surface area is 219 Å². The lowest BCUT2D eigenvalue weighted by atomic mass is 10.1. The lowest BCUT2D eigenvalue weighted by Crippen LogP contribution is -2.17. The summed E-state index contributed by atoms with van der Waals surface area (Å²) >= 11 is 0. The molecule has 0 atom stereocenters. The van der Waals surface area contributed by atoms with Crippen molar-refractivity contribution >= 4 is 23.3 Å². The molecular weight excluding hydrogens is 485 g/mol. The van der Waals surface area contributed by atoms with Gasteiger partial charge in [-0.3, -0.25) is 9.59 Å². The van der Waals surface area contributed by atoms with Crippen LogP contribution in [-0.4, -0.2) is 26.8 Å². The molecule has 2 amide bonds. The smallest absolute Gasteiger partial charge is 0.257 e. The summed E-state index contributed by atoms with van der Waals surface area (Å²) in [6.45, 7) is 1.74. The molecule has 10 heteroatoms. The fraction of sp³-hybridized carbons (Fsp3) is 0.250. The van der Waals surface area contributed by atoms with Crippen LogP contribution in [0.1, 0.15) is 31.2 Å². The minimum atomic E-state index is -0.601. The number of nitrogens with zero attached hydrogens (tertiary/aromatic N) is 3. The zero-order valence-corrected chi connectivity index (χ0v) is 20.9. The van der Waals surface area contributed by atoms with Crippen LogP contribution in [0.25, 0.3) is 22.6 Å². The Morgan fingerprint density at radius 3 is 2.47 bits per heavy atom. The van der Waals surface area contributed by atoms with Gasteiger partial charge in [0.05, 0.1) is 17.0 Å². The molecule has 1 aromatic carbocycles. The molecule has 2 aliphatic carbocycles. The summed E-state index contributed by atoms with van der Waals surface area (Å²) in [7, 11) is 0. The summed E-state index contributed by atoms with van der Waals surface area (Å²) < 4.78 is 14.8. The van der Waals surface area contributed by atoms with E-state index < -0.39 is 11.7 Å². The minimum absolute atomic E-state index is 0.0312. The number of amides is 2. The Morgan fingerprint density at radius 1 is 1.03 bits per heavy atom. The molecular formula is C28H28FN7O2. The predicted octanol–water partition coefficient (Wildman–Crippen LogP) is 4.04. The van der Waals surface area contributed by atoms with Crippen LogP contribution in [0.2, 0.25) is 0 Å². The van der Waals surface area contributed by atoms with Gasteiger partial charge in [0.25, 0.3) is 5.91 Å². The summed E-state index contributed by atoms with van der Waals surface area (Å²) in [5, 5.41) is 5.42. The van der Waals surface area contributed by atoms with Crippen LogP contribution in [0.5, 0.6) is 0 Å². The number of nitrogens with one attached hydrogen (secondary N) is 2. The third-order valence-corrected chi connectivity index (χ3v) is 6.53. The molecule has 6 N–H and O–H groups in total. The highest BCUT2D eigenvalue weighted by Crippen LogP contribution is 2.34.